The third-order valence-electron chi connectivity index (χ3n) is 9.90. The number of amides is 3. The molecule has 4 atom stereocenters. The summed E-state index contributed by atoms with van der Waals surface area (Å²) in [4.78, 5) is 59.4. The summed E-state index contributed by atoms with van der Waals surface area (Å²) in [5.74, 6) is -2.93. The largest absolute Gasteiger partial charge is 0.496 e. The number of esters is 1. The maximum absolute atomic E-state index is 14.3. The van der Waals surface area contributed by atoms with Gasteiger partial charge in [-0.3, -0.25) is 19.4 Å². The van der Waals surface area contributed by atoms with E-state index < -0.39 is 57.6 Å². The molecule has 2 aromatic carbocycles. The van der Waals surface area contributed by atoms with E-state index in [0.717, 1.165) is 5.56 Å². The van der Waals surface area contributed by atoms with Crippen molar-refractivity contribution in [1.29, 1.82) is 0 Å². The fourth-order valence-electron chi connectivity index (χ4n) is 7.05. The molecule has 0 radical (unpaired) electrons. The van der Waals surface area contributed by atoms with Crippen molar-refractivity contribution in [1.82, 2.24) is 20.3 Å². The molecule has 0 spiro atoms. The molecule has 1 fully saturated rings. The lowest BCUT2D eigenvalue weighted by Crippen LogP contribution is -2.51. The first-order valence-electron chi connectivity index (χ1n) is 20.0. The number of guanidine groups is 1. The minimum absolute atomic E-state index is 0.0108. The number of nitrogens with one attached hydrogen (secondary N) is 3. The summed E-state index contributed by atoms with van der Waals surface area (Å²) in [6.07, 6.45) is 4.79. The summed E-state index contributed by atoms with van der Waals surface area (Å²) >= 11 is 0. The number of aryl methyl sites for hydroxylation is 1. The number of ether oxygens (including phenoxy) is 3. The first-order valence-corrected chi connectivity index (χ1v) is 21.5. The Hall–Kier alpha value is -5.12. The Morgan fingerprint density at radius 3 is 2.32 bits per heavy atom. The first-order chi connectivity index (χ1) is 27.7. The molecule has 16 heteroatoms. The van der Waals surface area contributed by atoms with Crippen LogP contribution in [0.5, 0.6) is 5.75 Å². The quantitative estimate of drug-likeness (QED) is 0.0385. The number of aliphatic imine (C=N–C) groups is 1. The number of likely N-dealkylation sites (tertiary alicyclic amines) is 1. The minimum atomic E-state index is -4.08. The number of hydrogen-bond acceptors (Lipinski definition) is 10. The third-order valence-corrected chi connectivity index (χ3v) is 11.5. The van der Waals surface area contributed by atoms with Gasteiger partial charge < -0.3 is 35.5 Å². The molecule has 1 heterocycles. The van der Waals surface area contributed by atoms with Crippen molar-refractivity contribution in [3.8, 4) is 5.75 Å². The molecular formula is C43H64N6O9S. The zero-order valence-corrected chi connectivity index (χ0v) is 37.0. The Morgan fingerprint density at radius 1 is 1.03 bits per heavy atom. The van der Waals surface area contributed by atoms with E-state index in [4.69, 9.17) is 19.9 Å². The van der Waals surface area contributed by atoms with Crippen LogP contribution in [0.1, 0.15) is 89.0 Å². The highest BCUT2D eigenvalue weighted by Crippen LogP contribution is 2.30. The van der Waals surface area contributed by atoms with Crippen molar-refractivity contribution in [3.63, 3.8) is 0 Å². The van der Waals surface area contributed by atoms with Gasteiger partial charge in [-0.2, -0.15) is 0 Å². The van der Waals surface area contributed by atoms with Gasteiger partial charge in [0.2, 0.25) is 17.8 Å². The van der Waals surface area contributed by atoms with Crippen molar-refractivity contribution in [2.75, 3.05) is 27.3 Å². The van der Waals surface area contributed by atoms with Crippen LogP contribution in [0, 0.1) is 38.5 Å². The summed E-state index contributed by atoms with van der Waals surface area (Å²) in [6.45, 7) is 15.0. The lowest BCUT2D eigenvalue weighted by atomic mass is 9.95. The Labute approximate surface area is 349 Å². The van der Waals surface area contributed by atoms with Crippen LogP contribution in [0.15, 0.2) is 58.4 Å². The van der Waals surface area contributed by atoms with E-state index in [1.807, 2.05) is 56.3 Å². The lowest BCUT2D eigenvalue weighted by Gasteiger charge is -2.30. The van der Waals surface area contributed by atoms with Crippen LogP contribution in [0.25, 0.3) is 0 Å². The predicted molar refractivity (Wildman–Crippen MR) is 227 cm³/mol. The zero-order chi connectivity index (χ0) is 44.1. The van der Waals surface area contributed by atoms with Crippen molar-refractivity contribution in [3.05, 3.63) is 70.8 Å². The van der Waals surface area contributed by atoms with Gasteiger partial charge in [0.05, 0.1) is 31.1 Å². The molecule has 3 amide bonds. The summed E-state index contributed by atoms with van der Waals surface area (Å²) in [5.41, 5.74) is 7.92. The van der Waals surface area contributed by atoms with Crippen molar-refractivity contribution in [2.24, 2.45) is 28.5 Å². The second kappa shape index (κ2) is 21.8. The molecule has 5 N–H and O–H groups in total. The molecule has 3 rings (SSSR count). The normalized spacial score (nSPS) is 16.4. The Morgan fingerprint density at radius 2 is 1.71 bits per heavy atom. The topological polar surface area (TPSA) is 208 Å². The second-order valence-corrected chi connectivity index (χ2v) is 17.9. The van der Waals surface area contributed by atoms with Gasteiger partial charge >= 0.3 is 12.1 Å². The first kappa shape index (κ1) is 48.3. The molecule has 59 heavy (non-hydrogen) atoms. The van der Waals surface area contributed by atoms with Crippen LogP contribution in [-0.4, -0.2) is 88.3 Å². The van der Waals surface area contributed by atoms with Gasteiger partial charge in [0.15, 0.2) is 0 Å². The number of alkyl carbamates (subject to hydrolysis) is 1. The SMILES string of the molecule is COC(=O)[C@@H](CCCN=C(N)NS(=O)(=O)c1c(C)cc(OC)c(C)c1C)C(=O)N[C@@H]1CCCN1C(=O)[C@H](/C=C/[C@H](CC(C)C)NC(=O)OC(C)(C)C)Cc1ccccc1. The molecule has 0 saturated carbocycles. The molecule has 0 bridgehead atoms. The third kappa shape index (κ3) is 14.6. The highest BCUT2D eigenvalue weighted by Gasteiger charge is 2.36. The Balaban J connectivity index is 1.73. The number of carbonyl (C=O) groups excluding carboxylic acids is 4. The maximum atomic E-state index is 14.3. The van der Waals surface area contributed by atoms with Crippen LogP contribution >= 0.6 is 0 Å². The molecule has 0 aliphatic carbocycles. The predicted octanol–water partition coefficient (Wildman–Crippen LogP) is 5.20. The van der Waals surface area contributed by atoms with Gasteiger partial charge in [0.1, 0.15) is 23.4 Å². The van der Waals surface area contributed by atoms with E-state index in [0.29, 0.717) is 54.7 Å². The molecule has 1 saturated heterocycles. The Bertz CT molecular complexity index is 1940. The fourth-order valence-corrected chi connectivity index (χ4v) is 8.53. The number of carbonyl (C=O) groups is 4. The zero-order valence-electron chi connectivity index (χ0n) is 36.2. The molecule has 1 aliphatic heterocycles. The maximum Gasteiger partial charge on any atom is 0.408 e. The smallest absolute Gasteiger partial charge is 0.408 e. The summed E-state index contributed by atoms with van der Waals surface area (Å²) in [6, 6.07) is 10.8. The number of hydrogen-bond donors (Lipinski definition) is 4. The van der Waals surface area contributed by atoms with Crippen LogP contribution < -0.4 is 25.8 Å². The van der Waals surface area contributed by atoms with E-state index in [1.165, 1.54) is 14.2 Å². The van der Waals surface area contributed by atoms with E-state index >= 15 is 0 Å². The minimum Gasteiger partial charge on any atom is -0.496 e. The van der Waals surface area contributed by atoms with Gasteiger partial charge in [0, 0.05) is 13.1 Å². The standard InChI is InChI=1S/C43H64N6O9S/c1-27(2)24-33(46-42(53)58-43(6,7)8)21-20-32(26-31-16-12-11-13-17-31)39(51)49-23-15-19-36(49)47-38(50)34(40(52)57-10)18-14-22-45-41(44)48-59(54,55)37-28(3)25-35(56-9)29(4)30(37)5/h11-13,16-17,20-21,25,27,32-34,36H,14-15,18-19,22-24,26H2,1-10H3,(H,46,53)(H,47,50)(H3,44,45,48)/b21-20+/t32-,33-,34+,36+/m1/s1. The fraction of sp³-hybridized carbons (Fsp3) is 0.558. The monoisotopic (exact) mass is 840 g/mol. The average Bonchev–Trinajstić information content (AvgIpc) is 3.60. The molecule has 0 aromatic heterocycles. The van der Waals surface area contributed by atoms with Gasteiger partial charge in [0.25, 0.3) is 10.0 Å². The molecule has 0 unspecified atom stereocenters. The van der Waals surface area contributed by atoms with Crippen LogP contribution in [0.3, 0.4) is 0 Å². The van der Waals surface area contributed by atoms with Crippen molar-refractivity contribution >= 4 is 39.9 Å². The van der Waals surface area contributed by atoms with E-state index in [1.54, 1.807) is 52.5 Å². The van der Waals surface area contributed by atoms with Gasteiger partial charge in [-0.15, -0.1) is 0 Å². The number of nitrogens with two attached hydrogens (primary N) is 1. The van der Waals surface area contributed by atoms with Gasteiger partial charge in [-0.1, -0.05) is 56.3 Å². The van der Waals surface area contributed by atoms with E-state index in [2.05, 4.69) is 20.3 Å². The number of nitrogens with zero attached hydrogens (tertiary/aromatic N) is 2. The molecule has 1 aliphatic rings. The van der Waals surface area contributed by atoms with Crippen LogP contribution in [-0.2, 0) is 40.3 Å². The van der Waals surface area contributed by atoms with Crippen LogP contribution in [0.2, 0.25) is 0 Å². The number of sulfonamides is 1. The molecular weight excluding hydrogens is 777 g/mol. The number of benzene rings is 2. The average molecular weight is 841 g/mol. The summed E-state index contributed by atoms with van der Waals surface area (Å²) < 4.78 is 44.7. The molecule has 326 valence electrons. The van der Waals surface area contributed by atoms with E-state index in [9.17, 15) is 27.6 Å². The van der Waals surface area contributed by atoms with Crippen LogP contribution in [0.4, 0.5) is 4.79 Å². The van der Waals surface area contributed by atoms with Gasteiger partial charge in [-0.25, -0.2) is 17.9 Å². The number of methoxy groups -OCH3 is 2. The summed E-state index contributed by atoms with van der Waals surface area (Å²) in [7, 11) is -1.38. The highest BCUT2D eigenvalue weighted by molar-refractivity contribution is 7.90. The highest BCUT2D eigenvalue weighted by atomic mass is 32.2. The lowest BCUT2D eigenvalue weighted by molar-refractivity contribution is -0.151. The second-order valence-electron chi connectivity index (χ2n) is 16.3. The number of rotatable bonds is 18. The Kier molecular flexibility index (Phi) is 17.8. The van der Waals surface area contributed by atoms with E-state index in [-0.39, 0.29) is 42.1 Å². The molecule has 2 aromatic rings. The van der Waals surface area contributed by atoms with Gasteiger partial charge in [-0.05, 0) is 114 Å². The van der Waals surface area contributed by atoms with Crippen molar-refractivity contribution < 1.29 is 41.8 Å². The molecule has 15 nitrogen and oxygen atoms in total. The van der Waals surface area contributed by atoms with Crippen molar-refractivity contribution in [2.45, 2.75) is 117 Å². The summed E-state index contributed by atoms with van der Waals surface area (Å²) in [5, 5.41) is 5.84.